The zero-order valence-corrected chi connectivity index (χ0v) is 20.7. The van der Waals surface area contributed by atoms with E-state index in [2.05, 4.69) is 46.8 Å². The molecule has 0 saturated heterocycles. The van der Waals surface area contributed by atoms with Crippen LogP contribution in [0.1, 0.15) is 22.8 Å². The van der Waals surface area contributed by atoms with Gasteiger partial charge in [0, 0.05) is 34.6 Å². The van der Waals surface area contributed by atoms with E-state index in [0.29, 0.717) is 45.7 Å². The number of nitrogens with one attached hydrogen (secondary N) is 3. The lowest BCUT2D eigenvalue weighted by Gasteiger charge is -2.14. The Hall–Kier alpha value is -4.42. The third-order valence-corrected chi connectivity index (χ3v) is 6.35. The monoisotopic (exact) mass is 491 g/mol. The van der Waals surface area contributed by atoms with E-state index in [0.717, 1.165) is 18.7 Å². The van der Waals surface area contributed by atoms with E-state index in [1.807, 2.05) is 48.5 Å². The topological polar surface area (TPSA) is 83.2 Å². The number of carbonyl (C=O) groups is 1. The molecule has 0 saturated carbocycles. The highest BCUT2D eigenvalue weighted by Crippen LogP contribution is 2.21. The van der Waals surface area contributed by atoms with Crippen LogP contribution < -0.4 is 20.8 Å². The minimum atomic E-state index is -0.290. The van der Waals surface area contributed by atoms with E-state index in [1.165, 1.54) is 5.56 Å². The van der Waals surface area contributed by atoms with E-state index < -0.39 is 0 Å². The van der Waals surface area contributed by atoms with Crippen LogP contribution in [0.5, 0.6) is 5.75 Å². The number of para-hydroxylation sites is 2. The third-order valence-electron chi connectivity index (χ3n) is 6.35. The van der Waals surface area contributed by atoms with Crippen LogP contribution in [-0.4, -0.2) is 30.1 Å². The van der Waals surface area contributed by atoms with Gasteiger partial charge in [0.2, 0.25) is 0 Å². The molecule has 1 aromatic heterocycles. The van der Waals surface area contributed by atoms with Gasteiger partial charge in [0.15, 0.2) is 5.43 Å². The molecule has 0 radical (unpaired) electrons. The molecule has 186 valence electrons. The van der Waals surface area contributed by atoms with Crippen molar-refractivity contribution in [3.05, 3.63) is 118 Å². The number of aromatic nitrogens is 1. The standard InChI is InChI=1S/C31H29N3O3/c1-21(20-22-8-3-2-4-9-22)32-18-19-37-24-16-14-23(15-17-24)33-31(36)27-12-7-11-26-29(27)34-28-13-6-5-10-25(28)30(26)35/h2-17,21,32H,18-20H2,1H3,(H,33,36)(H,34,35). The van der Waals surface area contributed by atoms with Crippen molar-refractivity contribution >= 4 is 33.4 Å². The highest BCUT2D eigenvalue weighted by molar-refractivity contribution is 6.13. The summed E-state index contributed by atoms with van der Waals surface area (Å²) >= 11 is 0. The van der Waals surface area contributed by atoms with Gasteiger partial charge in [-0.2, -0.15) is 0 Å². The normalized spacial score (nSPS) is 11.9. The molecule has 6 nitrogen and oxygen atoms in total. The Bertz CT molecular complexity index is 1580. The quantitative estimate of drug-likeness (QED) is 0.187. The smallest absolute Gasteiger partial charge is 0.257 e. The van der Waals surface area contributed by atoms with Crippen molar-refractivity contribution in [2.45, 2.75) is 19.4 Å². The Balaban J connectivity index is 1.18. The van der Waals surface area contributed by atoms with E-state index in [9.17, 15) is 9.59 Å². The summed E-state index contributed by atoms with van der Waals surface area (Å²) in [5, 5.41) is 7.49. The highest BCUT2D eigenvalue weighted by Gasteiger charge is 2.14. The molecule has 5 aromatic rings. The van der Waals surface area contributed by atoms with Crippen LogP contribution in [-0.2, 0) is 6.42 Å². The summed E-state index contributed by atoms with van der Waals surface area (Å²) in [4.78, 5) is 29.3. The molecule has 0 aliphatic carbocycles. The maximum absolute atomic E-state index is 13.1. The van der Waals surface area contributed by atoms with Crippen LogP contribution in [0.3, 0.4) is 0 Å². The lowest BCUT2D eigenvalue weighted by atomic mass is 10.1. The second-order valence-corrected chi connectivity index (χ2v) is 9.10. The van der Waals surface area contributed by atoms with Gasteiger partial charge in [-0.15, -0.1) is 0 Å². The fraction of sp³-hybridized carbons (Fsp3) is 0.161. The van der Waals surface area contributed by atoms with Gasteiger partial charge in [0.25, 0.3) is 5.91 Å². The molecule has 5 rings (SSSR count). The molecule has 4 aromatic carbocycles. The first-order chi connectivity index (χ1) is 18.1. The summed E-state index contributed by atoms with van der Waals surface area (Å²) in [5.74, 6) is 0.443. The van der Waals surface area contributed by atoms with Gasteiger partial charge in [-0.3, -0.25) is 9.59 Å². The van der Waals surface area contributed by atoms with E-state index in [1.54, 1.807) is 24.3 Å². The second-order valence-electron chi connectivity index (χ2n) is 9.10. The van der Waals surface area contributed by atoms with Gasteiger partial charge >= 0.3 is 0 Å². The number of ether oxygens (including phenoxy) is 1. The fourth-order valence-electron chi connectivity index (χ4n) is 4.48. The zero-order chi connectivity index (χ0) is 25.6. The van der Waals surface area contributed by atoms with E-state index >= 15 is 0 Å². The summed E-state index contributed by atoms with van der Waals surface area (Å²) in [6.07, 6.45) is 0.968. The summed E-state index contributed by atoms with van der Waals surface area (Å²) in [5.41, 5.74) is 3.50. The van der Waals surface area contributed by atoms with Crippen LogP contribution >= 0.6 is 0 Å². The Labute approximate surface area is 215 Å². The molecule has 0 aliphatic heterocycles. The number of hydrogen-bond acceptors (Lipinski definition) is 4. The van der Waals surface area contributed by atoms with Gasteiger partial charge in [0.1, 0.15) is 12.4 Å². The van der Waals surface area contributed by atoms with Crippen molar-refractivity contribution in [3.8, 4) is 5.75 Å². The summed E-state index contributed by atoms with van der Waals surface area (Å²) < 4.78 is 5.85. The molecule has 1 amide bonds. The maximum atomic E-state index is 13.1. The molecule has 0 fully saturated rings. The minimum Gasteiger partial charge on any atom is -0.492 e. The first-order valence-electron chi connectivity index (χ1n) is 12.4. The first-order valence-corrected chi connectivity index (χ1v) is 12.4. The number of aromatic amines is 1. The number of H-pyrrole nitrogens is 1. The lowest BCUT2D eigenvalue weighted by Crippen LogP contribution is -2.31. The Morgan fingerprint density at radius 1 is 0.865 bits per heavy atom. The molecule has 0 spiro atoms. The van der Waals surface area contributed by atoms with E-state index in [4.69, 9.17) is 4.74 Å². The maximum Gasteiger partial charge on any atom is 0.257 e. The highest BCUT2D eigenvalue weighted by atomic mass is 16.5. The first kappa shape index (κ1) is 24.3. The average molecular weight is 492 g/mol. The van der Waals surface area contributed by atoms with Crippen molar-refractivity contribution in [2.75, 3.05) is 18.5 Å². The molecule has 37 heavy (non-hydrogen) atoms. The molecule has 3 N–H and O–H groups in total. The molecule has 1 atom stereocenters. The Morgan fingerprint density at radius 2 is 1.59 bits per heavy atom. The van der Waals surface area contributed by atoms with Crippen LogP contribution in [0, 0.1) is 0 Å². The molecular formula is C31H29N3O3. The van der Waals surface area contributed by atoms with Crippen molar-refractivity contribution in [3.63, 3.8) is 0 Å². The van der Waals surface area contributed by atoms with E-state index in [-0.39, 0.29) is 11.3 Å². The number of carbonyl (C=O) groups excluding carboxylic acids is 1. The number of fused-ring (bicyclic) bond motifs is 2. The minimum absolute atomic E-state index is 0.0931. The molecular weight excluding hydrogens is 462 g/mol. The van der Waals surface area contributed by atoms with Gasteiger partial charge < -0.3 is 20.4 Å². The number of rotatable bonds is 9. The van der Waals surface area contributed by atoms with Crippen molar-refractivity contribution in [2.24, 2.45) is 0 Å². The Morgan fingerprint density at radius 3 is 2.41 bits per heavy atom. The summed E-state index contributed by atoms with van der Waals surface area (Å²) in [6, 6.07) is 30.5. The molecule has 6 heteroatoms. The predicted octanol–water partition coefficient (Wildman–Crippen LogP) is 5.53. The number of benzene rings is 4. The van der Waals surface area contributed by atoms with Crippen LogP contribution in [0.2, 0.25) is 0 Å². The largest absolute Gasteiger partial charge is 0.492 e. The number of anilines is 1. The number of pyridine rings is 1. The molecule has 1 unspecified atom stereocenters. The van der Waals surface area contributed by atoms with Gasteiger partial charge in [0.05, 0.1) is 11.1 Å². The van der Waals surface area contributed by atoms with Gasteiger partial charge in [-0.25, -0.2) is 0 Å². The number of hydrogen-bond donors (Lipinski definition) is 3. The van der Waals surface area contributed by atoms with Crippen LogP contribution in [0.25, 0.3) is 21.8 Å². The van der Waals surface area contributed by atoms with Gasteiger partial charge in [-0.05, 0) is 67.4 Å². The zero-order valence-electron chi connectivity index (χ0n) is 20.7. The lowest BCUT2D eigenvalue weighted by molar-refractivity contribution is 0.102. The second kappa shape index (κ2) is 11.1. The van der Waals surface area contributed by atoms with Crippen molar-refractivity contribution in [1.82, 2.24) is 10.3 Å². The predicted molar refractivity (Wildman–Crippen MR) is 150 cm³/mol. The Kier molecular flexibility index (Phi) is 7.28. The number of amides is 1. The fourth-order valence-corrected chi connectivity index (χ4v) is 4.48. The third kappa shape index (κ3) is 5.71. The summed E-state index contributed by atoms with van der Waals surface area (Å²) in [7, 11) is 0. The van der Waals surface area contributed by atoms with Crippen LogP contribution in [0.15, 0.2) is 102 Å². The molecule has 0 bridgehead atoms. The SMILES string of the molecule is CC(Cc1ccccc1)NCCOc1ccc(NC(=O)c2cccc3c(=O)c4ccccc4[nH]c23)cc1. The van der Waals surface area contributed by atoms with Crippen molar-refractivity contribution < 1.29 is 9.53 Å². The van der Waals surface area contributed by atoms with Gasteiger partial charge in [-0.1, -0.05) is 48.5 Å². The molecule has 1 heterocycles. The molecule has 0 aliphatic rings. The van der Waals surface area contributed by atoms with Crippen LogP contribution in [0.4, 0.5) is 5.69 Å². The summed E-state index contributed by atoms with van der Waals surface area (Å²) in [6.45, 7) is 3.45. The van der Waals surface area contributed by atoms with Crippen molar-refractivity contribution in [1.29, 1.82) is 0 Å². The average Bonchev–Trinajstić information content (AvgIpc) is 2.92.